The number of nitrogens with zero attached hydrogens (tertiary/aromatic N) is 3. The van der Waals surface area contributed by atoms with Crippen molar-refractivity contribution < 1.29 is 9.32 Å². The smallest absolute Gasteiger partial charge is 0.246 e. The molecule has 0 saturated heterocycles. The van der Waals surface area contributed by atoms with Crippen LogP contribution in [0.25, 0.3) is 11.4 Å². The van der Waals surface area contributed by atoms with E-state index in [0.29, 0.717) is 35.6 Å². The van der Waals surface area contributed by atoms with Gasteiger partial charge in [-0.2, -0.15) is 4.98 Å². The van der Waals surface area contributed by atoms with Gasteiger partial charge in [-0.05, 0) is 50.5 Å². The number of aromatic nitrogens is 2. The van der Waals surface area contributed by atoms with Crippen molar-refractivity contribution in [3.63, 3.8) is 0 Å². The molecule has 1 aliphatic carbocycles. The predicted octanol–water partition coefficient (Wildman–Crippen LogP) is 5.10. The molecule has 0 atom stereocenters. The van der Waals surface area contributed by atoms with E-state index in [2.05, 4.69) is 10.1 Å². The summed E-state index contributed by atoms with van der Waals surface area (Å²) in [6.45, 7) is 4.38. The summed E-state index contributed by atoms with van der Waals surface area (Å²) < 4.78 is 5.37. The Bertz CT molecular complexity index is 721. The van der Waals surface area contributed by atoms with Gasteiger partial charge in [-0.25, -0.2) is 0 Å². The molecule has 1 aliphatic rings. The molecule has 0 spiro atoms. The van der Waals surface area contributed by atoms with Crippen LogP contribution in [0.1, 0.15) is 58.3 Å². The number of rotatable bonds is 7. The highest BCUT2D eigenvalue weighted by molar-refractivity contribution is 6.30. The maximum Gasteiger partial charge on any atom is 0.246 e. The lowest BCUT2D eigenvalue weighted by Gasteiger charge is -2.25. The normalized spacial score (nSPS) is 14.9. The van der Waals surface area contributed by atoms with E-state index in [-0.39, 0.29) is 11.9 Å². The van der Waals surface area contributed by atoms with Gasteiger partial charge in [-0.1, -0.05) is 42.4 Å². The van der Waals surface area contributed by atoms with Gasteiger partial charge in [0.15, 0.2) is 0 Å². The van der Waals surface area contributed by atoms with Crippen LogP contribution < -0.4 is 0 Å². The second-order valence-corrected chi connectivity index (χ2v) is 7.76. The van der Waals surface area contributed by atoms with Crippen LogP contribution >= 0.6 is 11.6 Å². The first-order valence-electron chi connectivity index (χ1n) is 9.41. The Morgan fingerprint density at radius 1 is 1.27 bits per heavy atom. The van der Waals surface area contributed by atoms with E-state index < -0.39 is 0 Å². The van der Waals surface area contributed by atoms with Crippen molar-refractivity contribution in [2.75, 3.05) is 0 Å². The molecular formula is C20H26ClN3O2. The van der Waals surface area contributed by atoms with E-state index in [1.54, 1.807) is 12.1 Å². The highest BCUT2D eigenvalue weighted by atomic mass is 35.5. The van der Waals surface area contributed by atoms with E-state index >= 15 is 0 Å². The topological polar surface area (TPSA) is 59.2 Å². The molecule has 1 aromatic carbocycles. The lowest BCUT2D eigenvalue weighted by molar-refractivity contribution is -0.134. The molecular weight excluding hydrogens is 350 g/mol. The summed E-state index contributed by atoms with van der Waals surface area (Å²) in [6, 6.07) is 7.38. The largest absolute Gasteiger partial charge is 0.337 e. The number of halogens is 1. The van der Waals surface area contributed by atoms with Gasteiger partial charge in [0.25, 0.3) is 0 Å². The Hall–Kier alpha value is -1.88. The molecule has 0 aliphatic heterocycles. The lowest BCUT2D eigenvalue weighted by atomic mass is 10.0. The van der Waals surface area contributed by atoms with Crippen molar-refractivity contribution in [1.29, 1.82) is 0 Å². The van der Waals surface area contributed by atoms with Crippen molar-refractivity contribution >= 4 is 17.5 Å². The summed E-state index contributed by atoms with van der Waals surface area (Å²) in [5, 5.41) is 4.69. The van der Waals surface area contributed by atoms with E-state index in [9.17, 15) is 4.79 Å². The summed E-state index contributed by atoms with van der Waals surface area (Å²) >= 11 is 5.91. The minimum atomic E-state index is 0.0944. The van der Waals surface area contributed by atoms with Crippen molar-refractivity contribution in [2.45, 2.75) is 65.0 Å². The lowest BCUT2D eigenvalue weighted by Crippen LogP contribution is -2.36. The summed E-state index contributed by atoms with van der Waals surface area (Å²) in [7, 11) is 0. The highest BCUT2D eigenvalue weighted by Crippen LogP contribution is 2.29. The third kappa shape index (κ3) is 4.85. The fourth-order valence-corrected chi connectivity index (χ4v) is 3.64. The van der Waals surface area contributed by atoms with E-state index in [4.69, 9.17) is 16.1 Å². The number of hydrogen-bond acceptors (Lipinski definition) is 4. The highest BCUT2D eigenvalue weighted by Gasteiger charge is 2.23. The monoisotopic (exact) mass is 375 g/mol. The Labute approximate surface area is 159 Å². The quantitative estimate of drug-likeness (QED) is 0.675. The first-order valence-corrected chi connectivity index (χ1v) is 9.78. The Morgan fingerprint density at radius 2 is 1.96 bits per heavy atom. The molecule has 0 N–H and O–H groups in total. The van der Waals surface area contributed by atoms with Crippen LogP contribution in [0.2, 0.25) is 5.02 Å². The Kier molecular flexibility index (Phi) is 6.30. The molecule has 0 radical (unpaired) electrons. The molecule has 0 bridgehead atoms. The first-order chi connectivity index (χ1) is 12.5. The molecule has 1 saturated carbocycles. The molecule has 1 fully saturated rings. The van der Waals surface area contributed by atoms with Crippen molar-refractivity contribution in [3.05, 3.63) is 35.2 Å². The number of benzene rings is 1. The van der Waals surface area contributed by atoms with Gasteiger partial charge in [0.05, 0.1) is 0 Å². The molecule has 1 amide bonds. The summed E-state index contributed by atoms with van der Waals surface area (Å²) in [6.07, 6.45) is 6.74. The SMILES string of the molecule is CC(C)N(Cc1nc(-c2ccc(Cl)cc2)no1)C(=O)CCC1CCCC1. The number of carbonyl (C=O) groups excluding carboxylic acids is 1. The van der Waals surface area contributed by atoms with Crippen LogP contribution in [0.3, 0.4) is 0 Å². The Morgan fingerprint density at radius 3 is 2.62 bits per heavy atom. The van der Waals surface area contributed by atoms with Gasteiger partial charge >= 0.3 is 0 Å². The van der Waals surface area contributed by atoms with E-state index in [1.165, 1.54) is 25.7 Å². The third-order valence-corrected chi connectivity index (χ3v) is 5.31. The van der Waals surface area contributed by atoms with Crippen LogP contribution in [-0.4, -0.2) is 27.0 Å². The minimum Gasteiger partial charge on any atom is -0.337 e. The van der Waals surface area contributed by atoms with Gasteiger partial charge in [-0.3, -0.25) is 4.79 Å². The van der Waals surface area contributed by atoms with Crippen molar-refractivity contribution in [2.24, 2.45) is 5.92 Å². The molecule has 1 heterocycles. The van der Waals surface area contributed by atoms with E-state index in [1.807, 2.05) is 30.9 Å². The van der Waals surface area contributed by atoms with Crippen LogP contribution in [-0.2, 0) is 11.3 Å². The molecule has 1 aromatic heterocycles. The zero-order valence-electron chi connectivity index (χ0n) is 15.4. The number of hydrogen-bond donors (Lipinski definition) is 0. The number of carbonyl (C=O) groups is 1. The average molecular weight is 376 g/mol. The molecule has 140 valence electrons. The molecule has 26 heavy (non-hydrogen) atoms. The molecule has 3 rings (SSSR count). The first kappa shape index (κ1) is 18.9. The second-order valence-electron chi connectivity index (χ2n) is 7.32. The van der Waals surface area contributed by atoms with Crippen molar-refractivity contribution in [3.8, 4) is 11.4 Å². The fraction of sp³-hybridized carbons (Fsp3) is 0.550. The number of amides is 1. The third-order valence-electron chi connectivity index (χ3n) is 5.06. The second kappa shape index (κ2) is 8.67. The zero-order chi connectivity index (χ0) is 18.5. The zero-order valence-corrected chi connectivity index (χ0v) is 16.2. The van der Waals surface area contributed by atoms with Crippen LogP contribution in [0.4, 0.5) is 0 Å². The Balaban J connectivity index is 1.62. The minimum absolute atomic E-state index is 0.0944. The summed E-state index contributed by atoms with van der Waals surface area (Å²) in [4.78, 5) is 18.9. The van der Waals surface area contributed by atoms with Crippen LogP contribution in [0.5, 0.6) is 0 Å². The van der Waals surface area contributed by atoms with Gasteiger partial charge in [-0.15, -0.1) is 0 Å². The standard InChI is InChI=1S/C20H26ClN3O2/c1-14(2)24(19(25)12-7-15-5-3-4-6-15)13-18-22-20(23-26-18)16-8-10-17(21)11-9-16/h8-11,14-15H,3-7,12-13H2,1-2H3. The average Bonchev–Trinajstić information content (AvgIpc) is 3.30. The van der Waals surface area contributed by atoms with Gasteiger partial charge in [0.2, 0.25) is 17.6 Å². The molecule has 5 nitrogen and oxygen atoms in total. The van der Waals surface area contributed by atoms with Crippen LogP contribution in [0.15, 0.2) is 28.8 Å². The van der Waals surface area contributed by atoms with Gasteiger partial charge in [0.1, 0.15) is 6.54 Å². The molecule has 2 aromatic rings. The molecule has 6 heteroatoms. The fourth-order valence-electron chi connectivity index (χ4n) is 3.51. The van der Waals surface area contributed by atoms with Crippen molar-refractivity contribution in [1.82, 2.24) is 15.0 Å². The van der Waals surface area contributed by atoms with Gasteiger partial charge < -0.3 is 9.42 Å². The maximum absolute atomic E-state index is 12.7. The van der Waals surface area contributed by atoms with Crippen LogP contribution in [0, 0.1) is 5.92 Å². The summed E-state index contributed by atoms with van der Waals surface area (Å²) in [5.74, 6) is 1.85. The molecule has 0 unspecified atom stereocenters. The van der Waals surface area contributed by atoms with Gasteiger partial charge in [0, 0.05) is 23.0 Å². The predicted molar refractivity (Wildman–Crippen MR) is 102 cm³/mol. The van der Waals surface area contributed by atoms with E-state index in [0.717, 1.165) is 12.0 Å². The summed E-state index contributed by atoms with van der Waals surface area (Å²) in [5.41, 5.74) is 0.841. The maximum atomic E-state index is 12.7.